The van der Waals surface area contributed by atoms with Crippen LogP contribution in [0.1, 0.15) is 0 Å². The van der Waals surface area contributed by atoms with Crippen molar-refractivity contribution in [3.05, 3.63) is 60.2 Å². The lowest BCUT2D eigenvalue weighted by Gasteiger charge is -2.03. The van der Waals surface area contributed by atoms with Gasteiger partial charge >= 0.3 is 0 Å². The van der Waals surface area contributed by atoms with E-state index in [4.69, 9.17) is 0 Å². The van der Waals surface area contributed by atoms with Crippen molar-refractivity contribution in [1.82, 2.24) is 0 Å². The number of benzene rings is 3. The minimum Gasteiger partial charge on any atom is -0.206 e. The van der Waals surface area contributed by atoms with Gasteiger partial charge in [0.1, 0.15) is 11.6 Å². The second-order valence-electron chi connectivity index (χ2n) is 3.62. The molecule has 2 radical (unpaired) electrons. The van der Waals surface area contributed by atoms with E-state index in [1.165, 1.54) is 18.2 Å². The first-order valence-corrected chi connectivity index (χ1v) is 4.85. The highest BCUT2D eigenvalue weighted by atomic mass is 19.1. The van der Waals surface area contributed by atoms with Crippen molar-refractivity contribution in [3.63, 3.8) is 0 Å². The average molecular weight is 212 g/mol. The molecule has 0 saturated heterocycles. The molecule has 0 aliphatic rings. The van der Waals surface area contributed by atoms with Crippen LogP contribution < -0.4 is 0 Å². The molecule has 0 heterocycles. The molecule has 0 bridgehead atoms. The van der Waals surface area contributed by atoms with Gasteiger partial charge in [0.05, 0.1) is 0 Å². The summed E-state index contributed by atoms with van der Waals surface area (Å²) in [5, 5.41) is 2.26. The molecule has 0 amide bonds. The highest BCUT2D eigenvalue weighted by Crippen LogP contribution is 2.25. The van der Waals surface area contributed by atoms with E-state index in [2.05, 4.69) is 12.1 Å². The average Bonchev–Trinajstić information content (AvgIpc) is 2.28. The van der Waals surface area contributed by atoms with E-state index >= 15 is 0 Å². The van der Waals surface area contributed by atoms with Crippen LogP contribution in [0.25, 0.3) is 21.5 Å². The third kappa shape index (κ3) is 1.27. The van der Waals surface area contributed by atoms with E-state index in [9.17, 15) is 8.78 Å². The van der Waals surface area contributed by atoms with Gasteiger partial charge in [0.15, 0.2) is 0 Å². The van der Waals surface area contributed by atoms with Crippen molar-refractivity contribution in [3.8, 4) is 0 Å². The van der Waals surface area contributed by atoms with Gasteiger partial charge in [-0.25, -0.2) is 8.78 Å². The normalized spacial score (nSPS) is 11.1. The lowest BCUT2D eigenvalue weighted by atomic mass is 10.0. The van der Waals surface area contributed by atoms with Crippen molar-refractivity contribution < 1.29 is 8.78 Å². The Balaban J connectivity index is 2.55. The molecule has 3 aromatic rings. The van der Waals surface area contributed by atoms with E-state index in [0.29, 0.717) is 10.8 Å². The largest absolute Gasteiger partial charge is 0.206 e. The van der Waals surface area contributed by atoms with E-state index in [1.54, 1.807) is 18.2 Å². The van der Waals surface area contributed by atoms with Gasteiger partial charge in [-0.15, -0.1) is 0 Å². The summed E-state index contributed by atoms with van der Waals surface area (Å²) in [4.78, 5) is 0. The summed E-state index contributed by atoms with van der Waals surface area (Å²) < 4.78 is 26.9. The third-order valence-corrected chi connectivity index (χ3v) is 2.64. The molecular weight excluding hydrogens is 206 g/mol. The lowest BCUT2D eigenvalue weighted by Crippen LogP contribution is -1.83. The Hall–Kier alpha value is -1.96. The van der Waals surface area contributed by atoms with Gasteiger partial charge in [-0.3, -0.25) is 0 Å². The molecule has 0 N–H and O–H groups in total. The Morgan fingerprint density at radius 3 is 2.69 bits per heavy atom. The first kappa shape index (κ1) is 9.28. The summed E-state index contributed by atoms with van der Waals surface area (Å²) in [5.74, 6) is -0.839. The topological polar surface area (TPSA) is 0 Å². The predicted molar refractivity (Wildman–Crippen MR) is 59.0 cm³/mol. The minimum absolute atomic E-state index is 0.386. The SMILES string of the molecule is Fc1[c]ccc2cc3c[c]cc(F)c3cc12. The maximum atomic E-state index is 13.5. The summed E-state index contributed by atoms with van der Waals surface area (Å²) in [6.45, 7) is 0. The fourth-order valence-corrected chi connectivity index (χ4v) is 1.85. The molecule has 0 unspecified atom stereocenters. The first-order valence-electron chi connectivity index (χ1n) is 4.85. The number of halogens is 2. The van der Waals surface area contributed by atoms with Gasteiger partial charge in [-0.2, -0.15) is 0 Å². The van der Waals surface area contributed by atoms with Crippen LogP contribution in [0, 0.1) is 23.8 Å². The zero-order chi connectivity index (χ0) is 11.1. The number of rotatable bonds is 0. The summed E-state index contributed by atoms with van der Waals surface area (Å²) >= 11 is 0. The Labute approximate surface area is 91.1 Å². The molecule has 16 heavy (non-hydrogen) atoms. The molecule has 0 aliphatic heterocycles. The molecule has 0 spiro atoms. The Morgan fingerprint density at radius 1 is 0.938 bits per heavy atom. The first-order chi connectivity index (χ1) is 7.75. The van der Waals surface area contributed by atoms with Gasteiger partial charge in [-0.05, 0) is 41.1 Å². The Kier molecular flexibility index (Phi) is 1.90. The standard InChI is InChI=1S/C14H6F2/c15-13-5-1-3-9-7-10-4-2-6-14(16)12(10)8-11(9)13/h1,3-4,6-8H. The molecule has 2 heteroatoms. The zero-order valence-corrected chi connectivity index (χ0v) is 8.22. The summed E-state index contributed by atoms with van der Waals surface area (Å²) in [6, 6.07) is 14.6. The van der Waals surface area contributed by atoms with Crippen molar-refractivity contribution in [2.24, 2.45) is 0 Å². The molecule has 3 aromatic carbocycles. The highest BCUT2D eigenvalue weighted by Gasteiger charge is 2.05. The molecule has 0 nitrogen and oxygen atoms in total. The fraction of sp³-hybridized carbons (Fsp3) is 0. The van der Waals surface area contributed by atoms with E-state index in [1.807, 2.05) is 0 Å². The van der Waals surface area contributed by atoms with Crippen LogP contribution >= 0.6 is 0 Å². The number of hydrogen-bond donors (Lipinski definition) is 0. The van der Waals surface area contributed by atoms with Crippen molar-refractivity contribution in [2.75, 3.05) is 0 Å². The maximum Gasteiger partial charge on any atom is 0.138 e. The predicted octanol–water partition coefficient (Wildman–Crippen LogP) is 3.87. The zero-order valence-electron chi connectivity index (χ0n) is 8.22. The molecule has 76 valence electrons. The van der Waals surface area contributed by atoms with E-state index < -0.39 is 5.82 Å². The molecule has 3 rings (SSSR count). The van der Waals surface area contributed by atoms with Crippen LogP contribution in [0.3, 0.4) is 0 Å². The monoisotopic (exact) mass is 212 g/mol. The molecule has 0 aromatic heterocycles. The van der Waals surface area contributed by atoms with E-state index in [-0.39, 0.29) is 5.82 Å². The molecule has 0 aliphatic carbocycles. The van der Waals surface area contributed by atoms with E-state index in [0.717, 1.165) is 10.8 Å². The third-order valence-electron chi connectivity index (χ3n) is 2.64. The second-order valence-corrected chi connectivity index (χ2v) is 3.62. The molecule has 0 fully saturated rings. The molecular formula is C14H6F2. The molecule has 0 atom stereocenters. The van der Waals surface area contributed by atoms with Crippen molar-refractivity contribution >= 4 is 21.5 Å². The van der Waals surface area contributed by atoms with Crippen LogP contribution in [0.15, 0.2) is 36.4 Å². The number of hydrogen-bond acceptors (Lipinski definition) is 0. The number of fused-ring (bicyclic) bond motifs is 2. The summed E-state index contributed by atoms with van der Waals surface area (Å²) in [6.07, 6.45) is 0. The summed E-state index contributed by atoms with van der Waals surface area (Å²) in [5.41, 5.74) is 0. The minimum atomic E-state index is -0.452. The maximum absolute atomic E-state index is 13.5. The summed E-state index contributed by atoms with van der Waals surface area (Å²) in [7, 11) is 0. The van der Waals surface area contributed by atoms with Crippen LogP contribution in [-0.4, -0.2) is 0 Å². The smallest absolute Gasteiger partial charge is 0.138 e. The van der Waals surface area contributed by atoms with Gasteiger partial charge < -0.3 is 0 Å². The van der Waals surface area contributed by atoms with Crippen LogP contribution in [0.2, 0.25) is 0 Å². The van der Waals surface area contributed by atoms with Crippen LogP contribution in [0.5, 0.6) is 0 Å². The van der Waals surface area contributed by atoms with Gasteiger partial charge in [0.25, 0.3) is 0 Å². The van der Waals surface area contributed by atoms with Crippen LogP contribution in [0.4, 0.5) is 8.78 Å². The molecule has 0 saturated carbocycles. The lowest BCUT2D eigenvalue weighted by molar-refractivity contribution is 0.636. The Bertz CT molecular complexity index is 630. The van der Waals surface area contributed by atoms with Gasteiger partial charge in [-0.1, -0.05) is 12.1 Å². The second kappa shape index (κ2) is 3.27. The fourth-order valence-electron chi connectivity index (χ4n) is 1.85. The van der Waals surface area contributed by atoms with Crippen molar-refractivity contribution in [1.29, 1.82) is 0 Å². The Morgan fingerprint density at radius 2 is 1.81 bits per heavy atom. The van der Waals surface area contributed by atoms with Gasteiger partial charge in [0, 0.05) is 16.8 Å². The van der Waals surface area contributed by atoms with Gasteiger partial charge in [0.2, 0.25) is 0 Å². The van der Waals surface area contributed by atoms with Crippen molar-refractivity contribution in [2.45, 2.75) is 0 Å². The van der Waals surface area contributed by atoms with Crippen LogP contribution in [-0.2, 0) is 0 Å². The quantitative estimate of drug-likeness (QED) is 0.496. The highest BCUT2D eigenvalue weighted by molar-refractivity contribution is 5.98.